The maximum atomic E-state index is 11.6. The number of alkyl halides is 1. The summed E-state index contributed by atoms with van der Waals surface area (Å²) in [7, 11) is -3.44. The molecule has 0 radical (unpaired) electrons. The first-order chi connectivity index (χ1) is 8.52. The second kappa shape index (κ2) is 6.84. The molecule has 0 bridgehead atoms. The molecule has 0 aliphatic carbocycles. The summed E-state index contributed by atoms with van der Waals surface area (Å²) >= 11 is 5.46. The minimum atomic E-state index is -3.44. The molecule has 0 aliphatic rings. The number of hydrogen-bond acceptors (Lipinski definition) is 5. The lowest BCUT2D eigenvalue weighted by Gasteiger charge is -2.08. The van der Waals surface area contributed by atoms with E-state index in [9.17, 15) is 8.42 Å². The number of nitrogens with one attached hydrogen (secondary N) is 1. The summed E-state index contributed by atoms with van der Waals surface area (Å²) in [6.07, 6.45) is 1.80. The molecule has 0 atom stereocenters. The zero-order valence-electron chi connectivity index (χ0n) is 10.5. The molecule has 0 fully saturated rings. The lowest BCUT2D eigenvalue weighted by Crippen LogP contribution is -2.20. The lowest BCUT2D eigenvalue weighted by molar-refractivity contribution is 0.599. The van der Waals surface area contributed by atoms with Crippen LogP contribution in [0.3, 0.4) is 0 Å². The van der Waals surface area contributed by atoms with Crippen LogP contribution in [0.25, 0.3) is 0 Å². The van der Waals surface area contributed by atoms with Gasteiger partial charge in [0.15, 0.2) is 0 Å². The number of anilines is 1. The standard InChI is InChI=1S/C10H17ClN4O2S/c1-3-8-9(4-2)13-14-10(12-8)15-18(16,17)7-5-6-11/h3-7H2,1-2H3,(H,12,14,15). The molecule has 0 unspecified atom stereocenters. The summed E-state index contributed by atoms with van der Waals surface area (Å²) in [4.78, 5) is 4.16. The van der Waals surface area contributed by atoms with E-state index in [0.717, 1.165) is 17.8 Å². The Morgan fingerprint density at radius 1 is 1.17 bits per heavy atom. The van der Waals surface area contributed by atoms with Gasteiger partial charge >= 0.3 is 0 Å². The van der Waals surface area contributed by atoms with Crippen molar-refractivity contribution < 1.29 is 8.42 Å². The third-order valence-corrected chi connectivity index (χ3v) is 3.89. The Balaban J connectivity index is 2.85. The van der Waals surface area contributed by atoms with Gasteiger partial charge in [0.05, 0.1) is 17.1 Å². The Morgan fingerprint density at radius 2 is 1.83 bits per heavy atom. The van der Waals surface area contributed by atoms with Crippen molar-refractivity contribution in [3.05, 3.63) is 11.4 Å². The fraction of sp³-hybridized carbons (Fsp3) is 0.700. The van der Waals surface area contributed by atoms with Crippen molar-refractivity contribution in [3.8, 4) is 0 Å². The van der Waals surface area contributed by atoms with Crippen LogP contribution in [-0.4, -0.2) is 35.2 Å². The second-order valence-corrected chi connectivity index (χ2v) is 5.92. The summed E-state index contributed by atoms with van der Waals surface area (Å²) in [6.45, 7) is 3.89. The third kappa shape index (κ3) is 4.38. The zero-order valence-corrected chi connectivity index (χ0v) is 12.1. The van der Waals surface area contributed by atoms with Gasteiger partial charge in [-0.25, -0.2) is 18.1 Å². The van der Waals surface area contributed by atoms with Crippen LogP contribution >= 0.6 is 11.6 Å². The molecule has 0 aromatic carbocycles. The highest BCUT2D eigenvalue weighted by Gasteiger charge is 2.13. The molecule has 1 heterocycles. The van der Waals surface area contributed by atoms with Gasteiger partial charge in [0.2, 0.25) is 10.0 Å². The Morgan fingerprint density at radius 3 is 2.39 bits per heavy atom. The first-order valence-electron chi connectivity index (χ1n) is 5.81. The van der Waals surface area contributed by atoms with Crippen LogP contribution in [0.1, 0.15) is 31.7 Å². The van der Waals surface area contributed by atoms with Gasteiger partial charge in [-0.3, -0.25) is 0 Å². The predicted molar refractivity (Wildman–Crippen MR) is 71.3 cm³/mol. The molecule has 0 saturated heterocycles. The van der Waals surface area contributed by atoms with E-state index in [1.807, 2.05) is 13.8 Å². The van der Waals surface area contributed by atoms with E-state index in [4.69, 9.17) is 11.6 Å². The molecular formula is C10H17ClN4O2S. The molecule has 1 aromatic rings. The van der Waals surface area contributed by atoms with Crippen molar-refractivity contribution >= 4 is 27.6 Å². The number of hydrogen-bond donors (Lipinski definition) is 1. The molecule has 1 N–H and O–H groups in total. The van der Waals surface area contributed by atoms with Crippen molar-refractivity contribution in [3.63, 3.8) is 0 Å². The van der Waals surface area contributed by atoms with Gasteiger partial charge < -0.3 is 0 Å². The topological polar surface area (TPSA) is 84.8 Å². The first kappa shape index (κ1) is 15.1. The Hall–Kier alpha value is -0.950. The molecule has 102 valence electrons. The largest absolute Gasteiger partial charge is 0.256 e. The van der Waals surface area contributed by atoms with E-state index in [1.165, 1.54) is 0 Å². The van der Waals surface area contributed by atoms with E-state index < -0.39 is 10.0 Å². The van der Waals surface area contributed by atoms with E-state index >= 15 is 0 Å². The van der Waals surface area contributed by atoms with Gasteiger partial charge in [-0.2, -0.15) is 0 Å². The molecule has 1 rings (SSSR count). The third-order valence-electron chi connectivity index (χ3n) is 2.30. The SMILES string of the molecule is CCc1nnc(NS(=O)(=O)CCCCl)nc1CC. The zero-order chi connectivity index (χ0) is 13.6. The van der Waals surface area contributed by atoms with Crippen LogP contribution in [0.4, 0.5) is 5.95 Å². The van der Waals surface area contributed by atoms with Crippen molar-refractivity contribution in [1.29, 1.82) is 0 Å². The Labute approximate surface area is 112 Å². The van der Waals surface area contributed by atoms with Gasteiger partial charge in [0, 0.05) is 5.88 Å². The summed E-state index contributed by atoms with van der Waals surface area (Å²) in [5, 5.41) is 7.73. The molecule has 1 aromatic heterocycles. The van der Waals surface area contributed by atoms with E-state index in [1.54, 1.807) is 0 Å². The van der Waals surface area contributed by atoms with E-state index in [-0.39, 0.29) is 11.7 Å². The van der Waals surface area contributed by atoms with Gasteiger partial charge in [-0.15, -0.1) is 21.8 Å². The molecular weight excluding hydrogens is 276 g/mol. The minimum absolute atomic E-state index is 0.0265. The van der Waals surface area contributed by atoms with Gasteiger partial charge in [0.1, 0.15) is 0 Å². The molecule has 8 heteroatoms. The Kier molecular flexibility index (Phi) is 5.74. The van der Waals surface area contributed by atoms with Crippen LogP contribution in [0.15, 0.2) is 0 Å². The van der Waals surface area contributed by atoms with Crippen LogP contribution in [0, 0.1) is 0 Å². The Bertz CT molecular complexity index is 493. The van der Waals surface area contributed by atoms with Gasteiger partial charge in [-0.1, -0.05) is 13.8 Å². The van der Waals surface area contributed by atoms with Crippen molar-refractivity contribution in [2.24, 2.45) is 0 Å². The highest BCUT2D eigenvalue weighted by molar-refractivity contribution is 7.92. The molecule has 0 spiro atoms. The fourth-order valence-corrected chi connectivity index (χ4v) is 2.70. The first-order valence-corrected chi connectivity index (χ1v) is 8.00. The van der Waals surface area contributed by atoms with Crippen LogP contribution in [-0.2, 0) is 22.9 Å². The average Bonchev–Trinajstić information content (AvgIpc) is 2.35. The monoisotopic (exact) mass is 292 g/mol. The molecule has 0 aliphatic heterocycles. The van der Waals surface area contributed by atoms with Crippen molar-refractivity contribution in [2.75, 3.05) is 16.4 Å². The minimum Gasteiger partial charge on any atom is -0.250 e. The highest BCUT2D eigenvalue weighted by Crippen LogP contribution is 2.08. The summed E-state index contributed by atoms with van der Waals surface area (Å²) in [5.74, 6) is 0.282. The summed E-state index contributed by atoms with van der Waals surface area (Å²) in [6, 6.07) is 0. The normalized spacial score (nSPS) is 11.5. The maximum Gasteiger partial charge on any atom is 0.256 e. The maximum absolute atomic E-state index is 11.6. The van der Waals surface area contributed by atoms with E-state index in [0.29, 0.717) is 18.7 Å². The number of aryl methyl sites for hydroxylation is 2. The average molecular weight is 293 g/mol. The van der Waals surface area contributed by atoms with Crippen LogP contribution in [0.5, 0.6) is 0 Å². The quantitative estimate of drug-likeness (QED) is 0.767. The smallest absolute Gasteiger partial charge is 0.250 e. The molecule has 0 amide bonds. The number of sulfonamides is 1. The number of rotatable bonds is 7. The second-order valence-electron chi connectivity index (χ2n) is 3.70. The lowest BCUT2D eigenvalue weighted by atomic mass is 10.2. The molecule has 18 heavy (non-hydrogen) atoms. The van der Waals surface area contributed by atoms with E-state index in [2.05, 4.69) is 19.9 Å². The van der Waals surface area contributed by atoms with Crippen LogP contribution < -0.4 is 4.72 Å². The highest BCUT2D eigenvalue weighted by atomic mass is 35.5. The van der Waals surface area contributed by atoms with Crippen molar-refractivity contribution in [1.82, 2.24) is 15.2 Å². The predicted octanol–water partition coefficient (Wildman–Crippen LogP) is 1.37. The van der Waals surface area contributed by atoms with Gasteiger partial charge in [0.25, 0.3) is 5.95 Å². The molecule has 6 nitrogen and oxygen atoms in total. The number of halogens is 1. The summed E-state index contributed by atoms with van der Waals surface area (Å²) in [5.41, 5.74) is 1.56. The van der Waals surface area contributed by atoms with Gasteiger partial charge in [-0.05, 0) is 19.3 Å². The number of aromatic nitrogens is 3. The van der Waals surface area contributed by atoms with Crippen LogP contribution in [0.2, 0.25) is 0 Å². The summed E-state index contributed by atoms with van der Waals surface area (Å²) < 4.78 is 25.6. The number of nitrogens with zero attached hydrogens (tertiary/aromatic N) is 3. The molecule has 0 saturated carbocycles. The van der Waals surface area contributed by atoms with Crippen molar-refractivity contribution in [2.45, 2.75) is 33.1 Å². The fourth-order valence-electron chi connectivity index (χ4n) is 1.42.